The molecule has 1 saturated carbocycles. The third-order valence-electron chi connectivity index (χ3n) is 3.71. The fourth-order valence-electron chi connectivity index (χ4n) is 2.75. The molecule has 2 heterocycles. The molecule has 0 spiro atoms. The van der Waals surface area contributed by atoms with Gasteiger partial charge < -0.3 is 9.73 Å². The number of rotatable bonds is 2. The first-order valence-corrected chi connectivity index (χ1v) is 6.10. The van der Waals surface area contributed by atoms with Crippen LogP contribution in [0.5, 0.6) is 0 Å². The third-order valence-corrected chi connectivity index (χ3v) is 3.71. The van der Waals surface area contributed by atoms with E-state index in [0.29, 0.717) is 11.8 Å². The Morgan fingerprint density at radius 3 is 2.80 bits per heavy atom. The molecule has 1 saturated heterocycles. The zero-order valence-corrected chi connectivity index (χ0v) is 9.04. The van der Waals surface area contributed by atoms with Crippen molar-refractivity contribution in [3.63, 3.8) is 0 Å². The lowest BCUT2D eigenvalue weighted by Crippen LogP contribution is -2.07. The van der Waals surface area contributed by atoms with Gasteiger partial charge in [0.1, 0.15) is 5.76 Å². The van der Waals surface area contributed by atoms with Crippen LogP contribution >= 0.6 is 0 Å². The second kappa shape index (κ2) is 3.97. The topological polar surface area (TPSA) is 38.1 Å². The molecule has 2 aliphatic rings. The normalized spacial score (nSPS) is 27.6. The predicted molar refractivity (Wildman–Crippen MR) is 57.9 cm³/mol. The molecule has 1 aromatic heterocycles. The van der Waals surface area contributed by atoms with Crippen LogP contribution in [0, 0.1) is 0 Å². The lowest BCUT2D eigenvalue weighted by atomic mass is 10.1. The van der Waals surface area contributed by atoms with Gasteiger partial charge >= 0.3 is 0 Å². The van der Waals surface area contributed by atoms with Gasteiger partial charge in [-0.1, -0.05) is 12.8 Å². The van der Waals surface area contributed by atoms with Gasteiger partial charge in [-0.15, -0.1) is 0 Å². The number of oxazole rings is 1. The Morgan fingerprint density at radius 1 is 1.20 bits per heavy atom. The highest BCUT2D eigenvalue weighted by atomic mass is 16.4. The SMILES string of the molecule is c1nc(C2CCCC2)oc1C1CCNC1. The van der Waals surface area contributed by atoms with E-state index in [1.54, 1.807) is 0 Å². The average Bonchev–Trinajstić information content (AvgIpc) is 3.02. The quantitative estimate of drug-likeness (QED) is 0.807. The van der Waals surface area contributed by atoms with Crippen molar-refractivity contribution in [1.29, 1.82) is 0 Å². The van der Waals surface area contributed by atoms with Crippen LogP contribution in [0.25, 0.3) is 0 Å². The minimum absolute atomic E-state index is 0.563. The van der Waals surface area contributed by atoms with Gasteiger partial charge in [-0.25, -0.2) is 4.98 Å². The van der Waals surface area contributed by atoms with Crippen molar-refractivity contribution in [2.75, 3.05) is 13.1 Å². The van der Waals surface area contributed by atoms with Gasteiger partial charge in [0.2, 0.25) is 0 Å². The summed E-state index contributed by atoms with van der Waals surface area (Å²) in [5.74, 6) is 3.26. The van der Waals surface area contributed by atoms with E-state index in [2.05, 4.69) is 10.3 Å². The molecule has 1 aromatic rings. The van der Waals surface area contributed by atoms with Crippen molar-refractivity contribution < 1.29 is 4.42 Å². The lowest BCUT2D eigenvalue weighted by Gasteiger charge is -2.04. The number of nitrogens with one attached hydrogen (secondary N) is 1. The molecule has 0 radical (unpaired) electrons. The molecular formula is C12H18N2O. The number of hydrogen-bond acceptors (Lipinski definition) is 3. The van der Waals surface area contributed by atoms with Crippen LogP contribution in [0.2, 0.25) is 0 Å². The van der Waals surface area contributed by atoms with Crippen LogP contribution in [0.15, 0.2) is 10.6 Å². The van der Waals surface area contributed by atoms with Crippen LogP contribution in [0.1, 0.15) is 55.6 Å². The second-order valence-electron chi connectivity index (χ2n) is 4.77. The first-order valence-electron chi connectivity index (χ1n) is 6.10. The van der Waals surface area contributed by atoms with Crippen LogP contribution in [-0.4, -0.2) is 18.1 Å². The molecule has 3 rings (SSSR count). The highest BCUT2D eigenvalue weighted by Crippen LogP contribution is 2.35. The summed E-state index contributed by atoms with van der Waals surface area (Å²) in [6.45, 7) is 2.17. The number of nitrogens with zero attached hydrogens (tertiary/aromatic N) is 1. The van der Waals surface area contributed by atoms with E-state index < -0.39 is 0 Å². The zero-order valence-electron chi connectivity index (χ0n) is 9.04. The summed E-state index contributed by atoms with van der Waals surface area (Å²) in [7, 11) is 0. The molecule has 2 fully saturated rings. The fourth-order valence-corrected chi connectivity index (χ4v) is 2.75. The molecular weight excluding hydrogens is 188 g/mol. The van der Waals surface area contributed by atoms with Crippen molar-refractivity contribution in [3.8, 4) is 0 Å². The molecule has 1 aliphatic carbocycles. The molecule has 82 valence electrons. The summed E-state index contributed by atoms with van der Waals surface area (Å²) in [6.07, 6.45) is 8.36. The van der Waals surface area contributed by atoms with Gasteiger partial charge in [0, 0.05) is 18.4 Å². The Bertz CT molecular complexity index is 292. The summed E-state index contributed by atoms with van der Waals surface area (Å²) in [5.41, 5.74) is 0. The van der Waals surface area contributed by atoms with E-state index in [0.717, 1.165) is 24.7 Å². The smallest absolute Gasteiger partial charge is 0.197 e. The monoisotopic (exact) mass is 206 g/mol. The molecule has 1 aliphatic heterocycles. The highest BCUT2D eigenvalue weighted by molar-refractivity contribution is 5.07. The van der Waals surface area contributed by atoms with Crippen molar-refractivity contribution in [2.45, 2.75) is 43.9 Å². The minimum Gasteiger partial charge on any atom is -0.445 e. The molecule has 15 heavy (non-hydrogen) atoms. The van der Waals surface area contributed by atoms with Crippen LogP contribution in [0.4, 0.5) is 0 Å². The zero-order chi connectivity index (χ0) is 10.1. The Balaban J connectivity index is 1.74. The highest BCUT2D eigenvalue weighted by Gasteiger charge is 2.25. The third kappa shape index (κ3) is 1.81. The lowest BCUT2D eigenvalue weighted by molar-refractivity contribution is 0.401. The van der Waals surface area contributed by atoms with Gasteiger partial charge in [-0.3, -0.25) is 0 Å². The van der Waals surface area contributed by atoms with Gasteiger partial charge in [-0.2, -0.15) is 0 Å². The Hall–Kier alpha value is -0.830. The maximum absolute atomic E-state index is 5.90. The molecule has 3 heteroatoms. The number of hydrogen-bond donors (Lipinski definition) is 1. The molecule has 1 unspecified atom stereocenters. The van der Waals surface area contributed by atoms with E-state index in [4.69, 9.17) is 4.42 Å². The van der Waals surface area contributed by atoms with Gasteiger partial charge in [-0.05, 0) is 25.8 Å². The summed E-state index contributed by atoms with van der Waals surface area (Å²) in [4.78, 5) is 4.45. The standard InChI is InChI=1S/C12H18N2O/c1-2-4-9(3-1)12-14-8-11(15-12)10-5-6-13-7-10/h8-10,13H,1-7H2. The molecule has 1 atom stereocenters. The fraction of sp³-hybridized carbons (Fsp3) is 0.750. The van der Waals surface area contributed by atoms with E-state index in [-0.39, 0.29) is 0 Å². The van der Waals surface area contributed by atoms with Crippen molar-refractivity contribution in [2.24, 2.45) is 0 Å². The Morgan fingerprint density at radius 2 is 2.07 bits per heavy atom. The van der Waals surface area contributed by atoms with Gasteiger partial charge in [0.05, 0.1) is 6.20 Å². The van der Waals surface area contributed by atoms with E-state index in [1.165, 1.54) is 32.1 Å². The van der Waals surface area contributed by atoms with Crippen LogP contribution < -0.4 is 5.32 Å². The summed E-state index contributed by atoms with van der Waals surface area (Å²) < 4.78 is 5.90. The molecule has 0 bridgehead atoms. The number of aromatic nitrogens is 1. The van der Waals surface area contributed by atoms with E-state index in [1.807, 2.05) is 6.20 Å². The van der Waals surface area contributed by atoms with Crippen molar-refractivity contribution >= 4 is 0 Å². The van der Waals surface area contributed by atoms with Gasteiger partial charge in [0.15, 0.2) is 5.89 Å². The maximum Gasteiger partial charge on any atom is 0.197 e. The summed E-state index contributed by atoms with van der Waals surface area (Å²) >= 11 is 0. The minimum atomic E-state index is 0.563. The van der Waals surface area contributed by atoms with Gasteiger partial charge in [0.25, 0.3) is 0 Å². The van der Waals surface area contributed by atoms with Crippen molar-refractivity contribution in [1.82, 2.24) is 10.3 Å². The molecule has 0 amide bonds. The van der Waals surface area contributed by atoms with Crippen molar-refractivity contribution in [3.05, 3.63) is 17.8 Å². The van der Waals surface area contributed by atoms with E-state index in [9.17, 15) is 0 Å². The molecule has 0 aromatic carbocycles. The maximum atomic E-state index is 5.90. The Kier molecular flexibility index (Phi) is 2.49. The second-order valence-corrected chi connectivity index (χ2v) is 4.77. The average molecular weight is 206 g/mol. The van der Waals surface area contributed by atoms with E-state index >= 15 is 0 Å². The summed E-state index contributed by atoms with van der Waals surface area (Å²) in [6, 6.07) is 0. The summed E-state index contributed by atoms with van der Waals surface area (Å²) in [5, 5.41) is 3.36. The predicted octanol–water partition coefficient (Wildman–Crippen LogP) is 2.41. The Labute approximate surface area is 90.3 Å². The van der Waals surface area contributed by atoms with Crippen LogP contribution in [0.3, 0.4) is 0 Å². The molecule has 1 N–H and O–H groups in total. The first-order chi connectivity index (χ1) is 7.43. The first kappa shape index (κ1) is 9.40. The molecule has 3 nitrogen and oxygen atoms in total. The van der Waals surface area contributed by atoms with Crippen LogP contribution in [-0.2, 0) is 0 Å². The largest absolute Gasteiger partial charge is 0.445 e.